The van der Waals surface area contributed by atoms with Gasteiger partial charge in [0.2, 0.25) is 0 Å². The number of hydrogen-bond donors (Lipinski definition) is 0. The molecule has 0 saturated carbocycles. The lowest BCUT2D eigenvalue weighted by Gasteiger charge is -2.20. The molecule has 1 aromatic rings. The third-order valence-electron chi connectivity index (χ3n) is 2.10. The van der Waals surface area contributed by atoms with E-state index in [0.29, 0.717) is 6.61 Å². The smallest absolute Gasteiger partial charge is 0.161 e. The predicted molar refractivity (Wildman–Crippen MR) is 66.3 cm³/mol. The zero-order chi connectivity index (χ0) is 12.0. The summed E-state index contributed by atoms with van der Waals surface area (Å²) in [6.07, 6.45) is 0.150. The molecule has 0 aliphatic carbocycles. The number of likely N-dealkylation sites (N-methyl/N-ethyl adjacent to an activating group) is 1. The molecule has 0 spiro atoms. The fourth-order valence-corrected chi connectivity index (χ4v) is 1.59. The van der Waals surface area contributed by atoms with Crippen LogP contribution < -0.4 is 9.47 Å². The Kier molecular flexibility index (Phi) is 5.12. The van der Waals surface area contributed by atoms with Gasteiger partial charge in [0.15, 0.2) is 11.5 Å². The number of ether oxygens (including phenoxy) is 2. The molecule has 1 atom stereocenters. The summed E-state index contributed by atoms with van der Waals surface area (Å²) in [5.74, 6) is 1.63. The molecule has 90 valence electrons. The Morgan fingerprint density at radius 1 is 1.19 bits per heavy atom. The highest BCUT2D eigenvalue weighted by Gasteiger charge is 2.09. The van der Waals surface area contributed by atoms with Crippen molar-refractivity contribution in [1.29, 1.82) is 0 Å². The minimum absolute atomic E-state index is 0.150. The maximum absolute atomic E-state index is 5.84. The standard InChI is InChI=1S/C13H21NO2/c1-5-15-12-8-6-7-9-13(12)16-11(2)10-14(3)4/h6-9,11H,5,10H2,1-4H3. The van der Waals surface area contributed by atoms with Crippen LogP contribution in [0.3, 0.4) is 0 Å². The van der Waals surface area contributed by atoms with Crippen LogP contribution in [0.25, 0.3) is 0 Å². The van der Waals surface area contributed by atoms with E-state index in [-0.39, 0.29) is 6.10 Å². The number of hydrogen-bond acceptors (Lipinski definition) is 3. The van der Waals surface area contributed by atoms with Crippen molar-refractivity contribution in [3.8, 4) is 11.5 Å². The van der Waals surface area contributed by atoms with Gasteiger partial charge in [0.1, 0.15) is 6.10 Å². The second-order valence-electron chi connectivity index (χ2n) is 4.07. The highest BCUT2D eigenvalue weighted by atomic mass is 16.5. The van der Waals surface area contributed by atoms with Gasteiger partial charge in [0.25, 0.3) is 0 Å². The summed E-state index contributed by atoms with van der Waals surface area (Å²) in [6.45, 7) is 5.58. The van der Waals surface area contributed by atoms with Gasteiger partial charge in [-0.25, -0.2) is 0 Å². The van der Waals surface area contributed by atoms with E-state index in [9.17, 15) is 0 Å². The minimum atomic E-state index is 0.150. The fourth-order valence-electron chi connectivity index (χ4n) is 1.59. The summed E-state index contributed by atoms with van der Waals surface area (Å²) in [7, 11) is 4.07. The van der Waals surface area contributed by atoms with E-state index in [4.69, 9.17) is 9.47 Å². The lowest BCUT2D eigenvalue weighted by Crippen LogP contribution is -2.28. The van der Waals surface area contributed by atoms with Crippen molar-refractivity contribution in [3.05, 3.63) is 24.3 Å². The van der Waals surface area contributed by atoms with Crippen LogP contribution >= 0.6 is 0 Å². The summed E-state index contributed by atoms with van der Waals surface area (Å²) in [6, 6.07) is 7.78. The van der Waals surface area contributed by atoms with Crippen molar-refractivity contribution >= 4 is 0 Å². The molecule has 0 bridgehead atoms. The SMILES string of the molecule is CCOc1ccccc1OC(C)CN(C)C. The predicted octanol–water partition coefficient (Wildman–Crippen LogP) is 2.41. The van der Waals surface area contributed by atoms with E-state index >= 15 is 0 Å². The zero-order valence-corrected chi connectivity index (χ0v) is 10.6. The van der Waals surface area contributed by atoms with Crippen LogP contribution in [-0.4, -0.2) is 38.3 Å². The molecule has 0 radical (unpaired) electrons. The number of nitrogens with zero attached hydrogens (tertiary/aromatic N) is 1. The molecule has 0 fully saturated rings. The van der Waals surface area contributed by atoms with Crippen molar-refractivity contribution < 1.29 is 9.47 Å². The van der Waals surface area contributed by atoms with E-state index in [1.807, 2.05) is 45.3 Å². The van der Waals surface area contributed by atoms with Gasteiger partial charge in [0, 0.05) is 6.54 Å². The average Bonchev–Trinajstić information content (AvgIpc) is 2.20. The molecule has 1 unspecified atom stereocenters. The first-order chi connectivity index (χ1) is 7.63. The van der Waals surface area contributed by atoms with Gasteiger partial charge >= 0.3 is 0 Å². The van der Waals surface area contributed by atoms with Crippen molar-refractivity contribution in [2.45, 2.75) is 20.0 Å². The molecular weight excluding hydrogens is 202 g/mol. The Balaban J connectivity index is 2.64. The van der Waals surface area contributed by atoms with Crippen LogP contribution in [0.15, 0.2) is 24.3 Å². The molecule has 0 amide bonds. The first kappa shape index (κ1) is 12.8. The summed E-state index contributed by atoms with van der Waals surface area (Å²) >= 11 is 0. The van der Waals surface area contributed by atoms with Gasteiger partial charge in [-0.3, -0.25) is 0 Å². The first-order valence-corrected chi connectivity index (χ1v) is 5.66. The molecule has 0 saturated heterocycles. The van der Waals surface area contributed by atoms with Crippen molar-refractivity contribution in [2.75, 3.05) is 27.2 Å². The quantitative estimate of drug-likeness (QED) is 0.739. The highest BCUT2D eigenvalue weighted by molar-refractivity contribution is 5.39. The monoisotopic (exact) mass is 223 g/mol. The van der Waals surface area contributed by atoms with Gasteiger partial charge in [-0.1, -0.05) is 12.1 Å². The molecule has 0 N–H and O–H groups in total. The molecule has 16 heavy (non-hydrogen) atoms. The summed E-state index contributed by atoms with van der Waals surface area (Å²) in [4.78, 5) is 2.11. The molecular formula is C13H21NO2. The lowest BCUT2D eigenvalue weighted by atomic mass is 10.3. The molecule has 0 aromatic heterocycles. The highest BCUT2D eigenvalue weighted by Crippen LogP contribution is 2.27. The third kappa shape index (κ3) is 4.11. The Morgan fingerprint density at radius 3 is 2.38 bits per heavy atom. The molecule has 3 nitrogen and oxygen atoms in total. The van der Waals surface area contributed by atoms with E-state index in [2.05, 4.69) is 11.8 Å². The fraction of sp³-hybridized carbons (Fsp3) is 0.538. The lowest BCUT2D eigenvalue weighted by molar-refractivity contribution is 0.168. The van der Waals surface area contributed by atoms with Crippen LogP contribution in [-0.2, 0) is 0 Å². The number of para-hydroxylation sites is 2. The van der Waals surface area contributed by atoms with Gasteiger partial charge in [-0.05, 0) is 40.1 Å². The molecule has 0 heterocycles. The van der Waals surface area contributed by atoms with Crippen LogP contribution in [0, 0.1) is 0 Å². The minimum Gasteiger partial charge on any atom is -0.490 e. The Morgan fingerprint density at radius 2 is 1.81 bits per heavy atom. The topological polar surface area (TPSA) is 21.7 Å². The molecule has 1 aromatic carbocycles. The van der Waals surface area contributed by atoms with Gasteiger partial charge in [0.05, 0.1) is 6.61 Å². The summed E-state index contributed by atoms with van der Waals surface area (Å²) < 4.78 is 11.3. The average molecular weight is 223 g/mol. The van der Waals surface area contributed by atoms with Crippen LogP contribution in [0.2, 0.25) is 0 Å². The van der Waals surface area contributed by atoms with Gasteiger partial charge < -0.3 is 14.4 Å². The molecule has 0 aliphatic rings. The Labute approximate surface area is 98.0 Å². The van der Waals surface area contributed by atoms with E-state index in [1.165, 1.54) is 0 Å². The largest absolute Gasteiger partial charge is 0.490 e. The first-order valence-electron chi connectivity index (χ1n) is 5.66. The van der Waals surface area contributed by atoms with E-state index in [1.54, 1.807) is 0 Å². The third-order valence-corrected chi connectivity index (χ3v) is 2.10. The second-order valence-corrected chi connectivity index (χ2v) is 4.07. The molecule has 0 aliphatic heterocycles. The number of benzene rings is 1. The maximum atomic E-state index is 5.84. The van der Waals surface area contributed by atoms with Crippen molar-refractivity contribution in [3.63, 3.8) is 0 Å². The summed E-state index contributed by atoms with van der Waals surface area (Å²) in [5.41, 5.74) is 0. The van der Waals surface area contributed by atoms with E-state index in [0.717, 1.165) is 18.0 Å². The second kappa shape index (κ2) is 6.38. The van der Waals surface area contributed by atoms with Crippen LogP contribution in [0.4, 0.5) is 0 Å². The van der Waals surface area contributed by atoms with E-state index < -0.39 is 0 Å². The number of rotatable bonds is 6. The van der Waals surface area contributed by atoms with Crippen LogP contribution in [0.5, 0.6) is 11.5 Å². The Hall–Kier alpha value is -1.22. The molecule has 3 heteroatoms. The van der Waals surface area contributed by atoms with Crippen LogP contribution in [0.1, 0.15) is 13.8 Å². The van der Waals surface area contributed by atoms with Crippen molar-refractivity contribution in [2.24, 2.45) is 0 Å². The zero-order valence-electron chi connectivity index (χ0n) is 10.6. The van der Waals surface area contributed by atoms with Gasteiger partial charge in [-0.15, -0.1) is 0 Å². The Bertz CT molecular complexity index is 313. The normalized spacial score (nSPS) is 12.6. The summed E-state index contributed by atoms with van der Waals surface area (Å²) in [5, 5.41) is 0. The maximum Gasteiger partial charge on any atom is 0.161 e. The van der Waals surface area contributed by atoms with Crippen molar-refractivity contribution in [1.82, 2.24) is 4.90 Å². The van der Waals surface area contributed by atoms with Gasteiger partial charge in [-0.2, -0.15) is 0 Å². The molecule has 1 rings (SSSR count).